The average Bonchev–Trinajstić information content (AvgIpc) is 2.88. The van der Waals surface area contributed by atoms with Crippen LogP contribution in [0.5, 0.6) is 0 Å². The van der Waals surface area contributed by atoms with E-state index in [4.69, 9.17) is 9.15 Å². The minimum atomic E-state index is -0.462. The predicted molar refractivity (Wildman–Crippen MR) is 69.7 cm³/mol. The van der Waals surface area contributed by atoms with Gasteiger partial charge in [0, 0.05) is 10.5 Å². The van der Waals surface area contributed by atoms with Gasteiger partial charge in [-0.3, -0.25) is 0 Å². The highest BCUT2D eigenvalue weighted by atomic mass is 32.2. The van der Waals surface area contributed by atoms with Crippen LogP contribution in [0, 0.1) is 0 Å². The number of oxazole rings is 1. The second-order valence-electron chi connectivity index (χ2n) is 3.48. The van der Waals surface area contributed by atoms with Gasteiger partial charge in [0.05, 0.1) is 6.61 Å². The SMILES string of the molecule is CCOC(=O)c1ncoc1-c1cccc(SC)c1. The van der Waals surface area contributed by atoms with Crippen LogP contribution in [0.4, 0.5) is 0 Å². The number of carbonyl (C=O) groups excluding carboxylic acids is 1. The first-order valence-electron chi connectivity index (χ1n) is 5.51. The summed E-state index contributed by atoms with van der Waals surface area (Å²) in [4.78, 5) is 16.7. The molecule has 0 atom stereocenters. The monoisotopic (exact) mass is 263 g/mol. The van der Waals surface area contributed by atoms with Crippen LogP contribution in [0.1, 0.15) is 17.4 Å². The molecule has 0 saturated heterocycles. The van der Waals surface area contributed by atoms with Gasteiger partial charge in [0.2, 0.25) is 0 Å². The molecule has 2 rings (SSSR count). The fraction of sp³-hybridized carbons (Fsp3) is 0.231. The van der Waals surface area contributed by atoms with Crippen molar-refractivity contribution >= 4 is 17.7 Å². The van der Waals surface area contributed by atoms with Crippen LogP contribution in [-0.2, 0) is 4.74 Å². The second kappa shape index (κ2) is 5.73. The van der Waals surface area contributed by atoms with Crippen molar-refractivity contribution in [1.29, 1.82) is 0 Å². The van der Waals surface area contributed by atoms with E-state index in [1.54, 1.807) is 18.7 Å². The van der Waals surface area contributed by atoms with Crippen LogP contribution >= 0.6 is 11.8 Å². The molecule has 1 aromatic heterocycles. The number of rotatable bonds is 4. The zero-order valence-electron chi connectivity index (χ0n) is 10.2. The number of hydrogen-bond donors (Lipinski definition) is 0. The first-order valence-corrected chi connectivity index (χ1v) is 6.73. The van der Waals surface area contributed by atoms with Gasteiger partial charge in [-0.05, 0) is 25.3 Å². The van der Waals surface area contributed by atoms with Crippen LogP contribution in [-0.4, -0.2) is 23.8 Å². The van der Waals surface area contributed by atoms with Gasteiger partial charge in [-0.15, -0.1) is 11.8 Å². The van der Waals surface area contributed by atoms with Crippen LogP contribution < -0.4 is 0 Å². The minimum Gasteiger partial charge on any atom is -0.461 e. The molecule has 94 valence electrons. The quantitative estimate of drug-likeness (QED) is 0.626. The van der Waals surface area contributed by atoms with Crippen LogP contribution in [0.25, 0.3) is 11.3 Å². The number of benzene rings is 1. The van der Waals surface area contributed by atoms with Gasteiger partial charge >= 0.3 is 5.97 Å². The van der Waals surface area contributed by atoms with Crippen molar-refractivity contribution in [2.24, 2.45) is 0 Å². The molecule has 0 N–H and O–H groups in total. The molecule has 0 aliphatic carbocycles. The van der Waals surface area contributed by atoms with Gasteiger partial charge in [-0.1, -0.05) is 12.1 Å². The van der Waals surface area contributed by atoms with Crippen LogP contribution in [0.15, 0.2) is 40.0 Å². The average molecular weight is 263 g/mol. The molecule has 5 heteroatoms. The van der Waals surface area contributed by atoms with Gasteiger partial charge < -0.3 is 9.15 Å². The summed E-state index contributed by atoms with van der Waals surface area (Å²) in [5.41, 5.74) is 1.04. The molecule has 1 aromatic carbocycles. The number of ether oxygens (including phenoxy) is 1. The summed E-state index contributed by atoms with van der Waals surface area (Å²) in [6.45, 7) is 2.07. The lowest BCUT2D eigenvalue weighted by Gasteiger charge is -2.03. The van der Waals surface area contributed by atoms with Crippen molar-refractivity contribution in [3.05, 3.63) is 36.4 Å². The number of esters is 1. The van der Waals surface area contributed by atoms with Gasteiger partial charge in [-0.25, -0.2) is 9.78 Å². The summed E-state index contributed by atoms with van der Waals surface area (Å²) in [6.07, 6.45) is 3.25. The highest BCUT2D eigenvalue weighted by molar-refractivity contribution is 7.98. The van der Waals surface area contributed by atoms with E-state index in [2.05, 4.69) is 4.98 Å². The van der Waals surface area contributed by atoms with Gasteiger partial charge in [0.25, 0.3) is 0 Å². The zero-order valence-corrected chi connectivity index (χ0v) is 11.0. The molecule has 0 amide bonds. The zero-order chi connectivity index (χ0) is 13.0. The molecule has 0 radical (unpaired) electrons. The summed E-state index contributed by atoms with van der Waals surface area (Å²) in [6, 6.07) is 7.74. The molecule has 4 nitrogen and oxygen atoms in total. The molecule has 0 unspecified atom stereocenters. The molecule has 0 aliphatic heterocycles. The lowest BCUT2D eigenvalue weighted by atomic mass is 10.1. The van der Waals surface area contributed by atoms with Crippen molar-refractivity contribution in [2.45, 2.75) is 11.8 Å². The normalized spacial score (nSPS) is 10.3. The van der Waals surface area contributed by atoms with Gasteiger partial charge in [0.1, 0.15) is 0 Å². The van der Waals surface area contributed by atoms with Crippen molar-refractivity contribution in [1.82, 2.24) is 4.98 Å². The smallest absolute Gasteiger partial charge is 0.360 e. The largest absolute Gasteiger partial charge is 0.461 e. The predicted octanol–water partition coefficient (Wildman–Crippen LogP) is 3.24. The molecule has 0 bridgehead atoms. The van der Waals surface area contributed by atoms with E-state index in [0.717, 1.165) is 10.5 Å². The Hall–Kier alpha value is -1.75. The summed E-state index contributed by atoms with van der Waals surface area (Å²) in [7, 11) is 0. The van der Waals surface area contributed by atoms with Gasteiger partial charge in [0.15, 0.2) is 17.8 Å². The molecule has 0 saturated carbocycles. The molecule has 0 fully saturated rings. The minimum absolute atomic E-state index is 0.218. The summed E-state index contributed by atoms with van der Waals surface area (Å²) in [5.74, 6) is -0.0137. The van der Waals surface area contributed by atoms with Crippen molar-refractivity contribution in [2.75, 3.05) is 12.9 Å². The molecular formula is C13H13NO3S. The summed E-state index contributed by atoms with van der Waals surface area (Å²) < 4.78 is 10.2. The first kappa shape index (κ1) is 12.7. The Labute approximate surface area is 109 Å². The molecule has 2 aromatic rings. The van der Waals surface area contributed by atoms with Gasteiger partial charge in [-0.2, -0.15) is 0 Å². The van der Waals surface area contributed by atoms with E-state index in [1.165, 1.54) is 6.39 Å². The number of nitrogens with zero attached hydrogens (tertiary/aromatic N) is 1. The van der Waals surface area contributed by atoms with Crippen molar-refractivity contribution in [3.63, 3.8) is 0 Å². The van der Waals surface area contributed by atoms with E-state index in [0.29, 0.717) is 12.4 Å². The maximum atomic E-state index is 11.7. The Balaban J connectivity index is 2.38. The lowest BCUT2D eigenvalue weighted by molar-refractivity contribution is 0.0520. The highest BCUT2D eigenvalue weighted by Crippen LogP contribution is 2.27. The summed E-state index contributed by atoms with van der Waals surface area (Å²) in [5, 5.41) is 0. The Kier molecular flexibility index (Phi) is 4.04. The van der Waals surface area contributed by atoms with E-state index in [1.807, 2.05) is 30.5 Å². The lowest BCUT2D eigenvalue weighted by Crippen LogP contribution is -2.06. The number of aromatic nitrogens is 1. The second-order valence-corrected chi connectivity index (χ2v) is 4.36. The van der Waals surface area contributed by atoms with Crippen LogP contribution in [0.2, 0.25) is 0 Å². The Morgan fingerprint density at radius 3 is 3.06 bits per heavy atom. The maximum Gasteiger partial charge on any atom is 0.360 e. The molecule has 0 spiro atoms. The van der Waals surface area contributed by atoms with Crippen LogP contribution in [0.3, 0.4) is 0 Å². The standard InChI is InChI=1S/C13H13NO3S/c1-3-16-13(15)11-12(17-8-14-11)9-5-4-6-10(7-9)18-2/h4-8H,3H2,1-2H3. The Bertz CT molecular complexity index is 551. The molecule has 0 aliphatic rings. The maximum absolute atomic E-state index is 11.7. The third kappa shape index (κ3) is 2.56. The van der Waals surface area contributed by atoms with Crippen molar-refractivity contribution < 1.29 is 13.9 Å². The third-order valence-corrected chi connectivity index (χ3v) is 3.09. The number of thioether (sulfide) groups is 1. The first-order chi connectivity index (χ1) is 8.76. The molecule has 18 heavy (non-hydrogen) atoms. The van der Waals surface area contributed by atoms with E-state index in [9.17, 15) is 4.79 Å². The number of hydrogen-bond acceptors (Lipinski definition) is 5. The molecular weight excluding hydrogens is 250 g/mol. The topological polar surface area (TPSA) is 52.3 Å². The van der Waals surface area contributed by atoms with E-state index < -0.39 is 5.97 Å². The Morgan fingerprint density at radius 1 is 1.50 bits per heavy atom. The third-order valence-electron chi connectivity index (χ3n) is 2.37. The van der Waals surface area contributed by atoms with E-state index in [-0.39, 0.29) is 5.69 Å². The fourth-order valence-electron chi connectivity index (χ4n) is 1.56. The van der Waals surface area contributed by atoms with E-state index >= 15 is 0 Å². The highest BCUT2D eigenvalue weighted by Gasteiger charge is 2.19. The fourth-order valence-corrected chi connectivity index (χ4v) is 2.02. The van der Waals surface area contributed by atoms with Crippen molar-refractivity contribution in [3.8, 4) is 11.3 Å². The number of carbonyl (C=O) groups is 1. The summed E-state index contributed by atoms with van der Waals surface area (Å²) >= 11 is 1.63. The Morgan fingerprint density at radius 2 is 2.33 bits per heavy atom. The molecule has 1 heterocycles.